The molecule has 0 aliphatic heterocycles. The molecule has 3 nitrogen and oxygen atoms in total. The summed E-state index contributed by atoms with van der Waals surface area (Å²) in [6.07, 6.45) is 0.306. The molecule has 21 heavy (non-hydrogen) atoms. The molecular formula is C17H29O3P. The third-order valence-corrected chi connectivity index (χ3v) is 5.52. The highest BCUT2D eigenvalue weighted by molar-refractivity contribution is 7.52. The number of benzene rings is 1. The molecule has 0 aliphatic rings. The van der Waals surface area contributed by atoms with E-state index in [1.54, 1.807) is 0 Å². The molecule has 0 radical (unpaired) electrons. The maximum absolute atomic E-state index is 12.6. The van der Waals surface area contributed by atoms with Gasteiger partial charge in [-0.05, 0) is 27.5 Å². The molecule has 0 heterocycles. The third-order valence-electron chi connectivity index (χ3n) is 3.70. The molecule has 0 bridgehead atoms. The first-order valence-electron chi connectivity index (χ1n) is 7.28. The Morgan fingerprint density at radius 2 is 1.29 bits per heavy atom. The van der Waals surface area contributed by atoms with Crippen LogP contribution in [0.3, 0.4) is 0 Å². The van der Waals surface area contributed by atoms with Crippen molar-refractivity contribution < 1.29 is 13.6 Å². The van der Waals surface area contributed by atoms with Crippen LogP contribution in [0.15, 0.2) is 18.2 Å². The van der Waals surface area contributed by atoms with Gasteiger partial charge < -0.3 is 9.05 Å². The van der Waals surface area contributed by atoms with Crippen LogP contribution in [0.2, 0.25) is 0 Å². The molecule has 4 heteroatoms. The monoisotopic (exact) mass is 312 g/mol. The molecule has 0 saturated carbocycles. The maximum atomic E-state index is 12.6. The topological polar surface area (TPSA) is 35.5 Å². The smallest absolute Gasteiger partial charge is 0.312 e. The van der Waals surface area contributed by atoms with Gasteiger partial charge in [-0.1, -0.05) is 59.7 Å². The van der Waals surface area contributed by atoms with Crippen molar-refractivity contribution >= 4 is 7.60 Å². The van der Waals surface area contributed by atoms with E-state index in [0.29, 0.717) is 6.16 Å². The van der Waals surface area contributed by atoms with Crippen molar-refractivity contribution in [1.82, 2.24) is 0 Å². The first-order valence-corrected chi connectivity index (χ1v) is 9.01. The predicted octanol–water partition coefficient (Wildman–Crippen LogP) is 5.27. The van der Waals surface area contributed by atoms with E-state index in [9.17, 15) is 4.57 Å². The van der Waals surface area contributed by atoms with Crippen molar-refractivity contribution in [1.29, 1.82) is 0 Å². The van der Waals surface area contributed by atoms with Gasteiger partial charge in [-0.3, -0.25) is 4.57 Å². The predicted molar refractivity (Wildman–Crippen MR) is 89.2 cm³/mol. The molecule has 0 unspecified atom stereocenters. The Labute approximate surface area is 129 Å². The summed E-state index contributed by atoms with van der Waals surface area (Å²) >= 11 is 0. The summed E-state index contributed by atoms with van der Waals surface area (Å²) < 4.78 is 23.0. The number of hydrogen-bond acceptors (Lipinski definition) is 3. The quantitative estimate of drug-likeness (QED) is 0.711. The van der Waals surface area contributed by atoms with E-state index in [4.69, 9.17) is 9.05 Å². The van der Waals surface area contributed by atoms with Crippen LogP contribution < -0.4 is 0 Å². The molecule has 0 spiro atoms. The van der Waals surface area contributed by atoms with Crippen molar-refractivity contribution in [2.75, 3.05) is 14.2 Å². The van der Waals surface area contributed by atoms with Crippen LogP contribution in [-0.4, -0.2) is 14.2 Å². The Morgan fingerprint density at radius 1 is 0.905 bits per heavy atom. The molecule has 1 aromatic carbocycles. The van der Waals surface area contributed by atoms with E-state index in [2.05, 4.69) is 59.7 Å². The van der Waals surface area contributed by atoms with Gasteiger partial charge in [0.2, 0.25) is 0 Å². The summed E-state index contributed by atoms with van der Waals surface area (Å²) in [5.74, 6) is 0. The van der Waals surface area contributed by atoms with Gasteiger partial charge in [0.25, 0.3) is 0 Å². The first kappa shape index (κ1) is 18.4. The second kappa shape index (κ2) is 6.24. The number of rotatable bonds is 4. The average Bonchev–Trinajstić information content (AvgIpc) is 2.36. The Bertz CT molecular complexity index is 496. The van der Waals surface area contributed by atoms with E-state index in [1.807, 2.05) is 0 Å². The largest absolute Gasteiger partial charge is 0.334 e. The molecule has 0 fully saturated rings. The maximum Gasteiger partial charge on any atom is 0.334 e. The lowest BCUT2D eigenvalue weighted by atomic mass is 9.77. The third kappa shape index (κ3) is 4.42. The summed E-state index contributed by atoms with van der Waals surface area (Å²) in [5.41, 5.74) is 3.43. The van der Waals surface area contributed by atoms with Crippen molar-refractivity contribution in [3.05, 3.63) is 34.9 Å². The summed E-state index contributed by atoms with van der Waals surface area (Å²) in [5, 5.41) is 0. The lowest BCUT2D eigenvalue weighted by Gasteiger charge is -2.31. The van der Waals surface area contributed by atoms with Gasteiger partial charge in [0, 0.05) is 14.2 Å². The Kier molecular flexibility index (Phi) is 5.47. The zero-order chi connectivity index (χ0) is 16.5. The second-order valence-corrected chi connectivity index (χ2v) is 9.73. The van der Waals surface area contributed by atoms with Crippen LogP contribution in [0.25, 0.3) is 0 Å². The molecule has 120 valence electrons. The highest BCUT2D eigenvalue weighted by Gasteiger charge is 2.31. The molecule has 1 rings (SSSR count). The highest BCUT2D eigenvalue weighted by atomic mass is 31.2. The molecule has 0 saturated heterocycles. The lowest BCUT2D eigenvalue weighted by Crippen LogP contribution is -2.21. The van der Waals surface area contributed by atoms with Gasteiger partial charge in [0.05, 0.1) is 6.16 Å². The zero-order valence-corrected chi connectivity index (χ0v) is 15.5. The summed E-state index contributed by atoms with van der Waals surface area (Å²) in [6, 6.07) is 6.30. The Hall–Kier alpha value is -0.630. The first-order chi connectivity index (χ1) is 9.44. The highest BCUT2D eigenvalue weighted by Crippen LogP contribution is 2.52. The summed E-state index contributed by atoms with van der Waals surface area (Å²) in [6.45, 7) is 13.0. The number of hydrogen-bond donors (Lipinski definition) is 0. The fourth-order valence-electron chi connectivity index (χ4n) is 2.56. The Morgan fingerprint density at radius 3 is 1.57 bits per heavy atom. The van der Waals surface area contributed by atoms with Crippen LogP contribution >= 0.6 is 7.60 Å². The molecule has 0 aliphatic carbocycles. The normalized spacial score (nSPS) is 13.5. The van der Waals surface area contributed by atoms with E-state index in [0.717, 1.165) is 5.56 Å². The van der Waals surface area contributed by atoms with Crippen molar-refractivity contribution in [2.24, 2.45) is 0 Å². The molecule has 0 atom stereocenters. The van der Waals surface area contributed by atoms with Gasteiger partial charge in [-0.25, -0.2) is 0 Å². The van der Waals surface area contributed by atoms with Crippen molar-refractivity contribution in [2.45, 2.75) is 58.5 Å². The van der Waals surface area contributed by atoms with Gasteiger partial charge in [-0.2, -0.15) is 0 Å². The molecule has 1 aromatic rings. The fourth-order valence-corrected chi connectivity index (χ4v) is 3.70. The second-order valence-electron chi connectivity index (χ2n) is 7.47. The van der Waals surface area contributed by atoms with E-state index in [1.165, 1.54) is 25.3 Å². The average molecular weight is 312 g/mol. The van der Waals surface area contributed by atoms with Crippen LogP contribution in [0.1, 0.15) is 58.2 Å². The van der Waals surface area contributed by atoms with Gasteiger partial charge in [-0.15, -0.1) is 0 Å². The Balaban J connectivity index is 3.55. The minimum Gasteiger partial charge on any atom is -0.312 e. The minimum absolute atomic E-state index is 0.0249. The fraction of sp³-hybridized carbons (Fsp3) is 0.647. The van der Waals surface area contributed by atoms with E-state index < -0.39 is 7.60 Å². The molecular weight excluding hydrogens is 283 g/mol. The molecule has 0 N–H and O–H groups in total. The van der Waals surface area contributed by atoms with E-state index in [-0.39, 0.29) is 10.8 Å². The standard InChI is InChI=1S/C17H29O3P/c1-16(2,3)14-10-9-11-15(17(4,5)6)13(14)12-21(18,19-7)20-8/h9-11H,12H2,1-8H3. The molecule has 0 aromatic heterocycles. The molecule has 0 amide bonds. The summed E-state index contributed by atoms with van der Waals surface area (Å²) in [7, 11) is -0.206. The van der Waals surface area contributed by atoms with Gasteiger partial charge >= 0.3 is 7.60 Å². The summed E-state index contributed by atoms with van der Waals surface area (Å²) in [4.78, 5) is 0. The van der Waals surface area contributed by atoms with Crippen molar-refractivity contribution in [3.63, 3.8) is 0 Å². The van der Waals surface area contributed by atoms with Crippen LogP contribution in [0.4, 0.5) is 0 Å². The minimum atomic E-state index is -3.10. The lowest BCUT2D eigenvalue weighted by molar-refractivity contribution is 0.274. The van der Waals surface area contributed by atoms with Gasteiger partial charge in [0.1, 0.15) is 0 Å². The van der Waals surface area contributed by atoms with Crippen LogP contribution in [0, 0.1) is 0 Å². The van der Waals surface area contributed by atoms with Crippen LogP contribution in [-0.2, 0) is 30.6 Å². The zero-order valence-electron chi connectivity index (χ0n) is 14.6. The van der Waals surface area contributed by atoms with E-state index >= 15 is 0 Å². The van der Waals surface area contributed by atoms with Crippen LogP contribution in [0.5, 0.6) is 0 Å². The SMILES string of the molecule is COP(=O)(Cc1c(C(C)(C)C)cccc1C(C)(C)C)OC. The van der Waals surface area contributed by atoms with Gasteiger partial charge in [0.15, 0.2) is 0 Å². The van der Waals surface area contributed by atoms with Crippen molar-refractivity contribution in [3.8, 4) is 0 Å².